The fraction of sp³-hybridized carbons (Fsp3) is 0.417. The Bertz CT molecular complexity index is 1200. The first-order chi connectivity index (χ1) is 17.6. The van der Waals surface area contributed by atoms with Crippen LogP contribution in [0.5, 0.6) is 34.5 Å². The maximum Gasteiger partial charge on any atom is 0.335 e. The van der Waals surface area contributed by atoms with Crippen LogP contribution < -0.4 is 23.7 Å². The zero-order valence-corrected chi connectivity index (χ0v) is 20.0. The van der Waals surface area contributed by atoms with E-state index in [0.717, 1.165) is 0 Å². The van der Waals surface area contributed by atoms with E-state index >= 15 is 0 Å². The lowest BCUT2D eigenvalue weighted by molar-refractivity contribution is -0.271. The third-order valence-corrected chi connectivity index (χ3v) is 6.14. The van der Waals surface area contributed by atoms with Crippen LogP contribution in [0.15, 0.2) is 24.3 Å². The summed E-state index contributed by atoms with van der Waals surface area (Å²) in [6.45, 7) is 0. The van der Waals surface area contributed by atoms with Crippen molar-refractivity contribution in [3.8, 4) is 34.5 Å². The minimum atomic E-state index is -1.90. The molecule has 0 saturated carbocycles. The number of aliphatic carboxylic acids is 1. The smallest absolute Gasteiger partial charge is 0.335 e. The molecule has 5 N–H and O–H groups in total. The van der Waals surface area contributed by atoms with E-state index in [-0.39, 0.29) is 52.0 Å². The van der Waals surface area contributed by atoms with Crippen molar-refractivity contribution in [2.45, 2.75) is 43.2 Å². The summed E-state index contributed by atoms with van der Waals surface area (Å²) in [5, 5.41) is 50.2. The van der Waals surface area contributed by atoms with Crippen molar-refractivity contribution in [1.82, 2.24) is 0 Å². The van der Waals surface area contributed by atoms with E-state index in [2.05, 4.69) is 0 Å². The van der Waals surface area contributed by atoms with Crippen LogP contribution in [0.1, 0.15) is 28.4 Å². The van der Waals surface area contributed by atoms with Gasteiger partial charge < -0.3 is 54.0 Å². The van der Waals surface area contributed by atoms with Crippen molar-refractivity contribution in [1.29, 1.82) is 0 Å². The molecule has 1 saturated heterocycles. The van der Waals surface area contributed by atoms with Gasteiger partial charge >= 0.3 is 5.97 Å². The van der Waals surface area contributed by atoms with Gasteiger partial charge in [-0.05, 0) is 12.1 Å². The molecule has 0 amide bonds. The number of Topliss-reactive ketones (excluding diaryl/α,β-unsaturated/α-hetero) is 1. The Kier molecular flexibility index (Phi) is 7.32. The van der Waals surface area contributed by atoms with E-state index in [1.165, 1.54) is 39.5 Å². The van der Waals surface area contributed by atoms with Crippen LogP contribution in [-0.2, 0) is 9.53 Å². The first-order valence-corrected chi connectivity index (χ1v) is 11.1. The number of fused-ring (bicyclic) bond motifs is 1. The van der Waals surface area contributed by atoms with E-state index in [1.807, 2.05) is 0 Å². The number of carbonyl (C=O) groups is 2. The normalized spacial score (nSPS) is 27.0. The summed E-state index contributed by atoms with van der Waals surface area (Å²) in [6.07, 6.45) is -10.5. The summed E-state index contributed by atoms with van der Waals surface area (Å²) in [6, 6.07) is 5.76. The van der Waals surface area contributed by atoms with Crippen molar-refractivity contribution in [2.75, 3.05) is 21.3 Å². The lowest BCUT2D eigenvalue weighted by atomic mass is 9.93. The molecule has 2 aromatic rings. The zero-order chi connectivity index (χ0) is 27.0. The number of methoxy groups -OCH3 is 3. The minimum Gasteiger partial charge on any atom is -0.507 e. The molecule has 0 aromatic heterocycles. The lowest BCUT2D eigenvalue weighted by Gasteiger charge is -2.39. The number of carbonyl (C=O) groups excluding carboxylic acids is 1. The maximum atomic E-state index is 13.1. The molecule has 0 unspecified atom stereocenters. The second-order valence-electron chi connectivity index (χ2n) is 8.29. The van der Waals surface area contributed by atoms with Gasteiger partial charge in [0.05, 0.1) is 33.3 Å². The van der Waals surface area contributed by atoms with Crippen molar-refractivity contribution >= 4 is 11.8 Å². The molecule has 0 radical (unpaired) electrons. The number of aromatic hydroxyl groups is 1. The largest absolute Gasteiger partial charge is 0.507 e. The molecule has 2 heterocycles. The van der Waals surface area contributed by atoms with Crippen molar-refractivity contribution in [3.63, 3.8) is 0 Å². The standard InChI is InChI=1S/C24H26O13/c1-32-11-5-4-6-12(36-24-19(29)17(27)18(28)22(37-24)23(30)31)16(11)13-7-9(25)15-10(26)8-14(33-2)20(34-3)21(15)35-13/h4-6,8,13,17-19,22,24,26-29H,7H2,1-3H3,(H,30,31)/t13-,17-,18-,19+,22-,24+/m0/s1. The number of ketones is 1. The maximum absolute atomic E-state index is 13.1. The zero-order valence-electron chi connectivity index (χ0n) is 20.0. The summed E-state index contributed by atoms with van der Waals surface area (Å²) in [4.78, 5) is 24.6. The number of aliphatic hydroxyl groups excluding tert-OH is 3. The van der Waals surface area contributed by atoms with Gasteiger partial charge in [-0.2, -0.15) is 0 Å². The second-order valence-corrected chi connectivity index (χ2v) is 8.29. The predicted octanol–water partition coefficient (Wildman–Crippen LogP) is 0.395. The summed E-state index contributed by atoms with van der Waals surface area (Å²) < 4.78 is 33.1. The molecule has 0 spiro atoms. The second kappa shape index (κ2) is 10.3. The quantitative estimate of drug-likeness (QED) is 0.336. The number of carboxylic acid groups (broad SMARTS) is 1. The van der Waals surface area contributed by atoms with Crippen molar-refractivity contribution in [3.05, 3.63) is 35.4 Å². The van der Waals surface area contributed by atoms with E-state index in [0.29, 0.717) is 0 Å². The SMILES string of the molecule is COc1cc(O)c2c(c1OC)O[C@H](c1c(OC)cccc1O[C@@H]1O[C@H](C(=O)O)[C@@H](O)[C@H](O)[C@H]1O)CC2=O. The fourth-order valence-corrected chi connectivity index (χ4v) is 4.34. The number of phenols is 1. The summed E-state index contributed by atoms with van der Waals surface area (Å²) >= 11 is 0. The Morgan fingerprint density at radius 2 is 1.65 bits per heavy atom. The summed E-state index contributed by atoms with van der Waals surface area (Å²) in [5.41, 5.74) is 0.0929. The Morgan fingerprint density at radius 1 is 0.973 bits per heavy atom. The van der Waals surface area contributed by atoms with E-state index < -0.39 is 48.6 Å². The minimum absolute atomic E-state index is 0.0246. The molecular formula is C24H26O13. The number of ether oxygens (including phenoxy) is 6. The molecule has 0 bridgehead atoms. The Morgan fingerprint density at radius 3 is 2.27 bits per heavy atom. The van der Waals surface area contributed by atoms with Gasteiger partial charge in [-0.3, -0.25) is 4.79 Å². The Hall–Kier alpha value is -3.78. The fourth-order valence-electron chi connectivity index (χ4n) is 4.34. The van der Waals surface area contributed by atoms with Gasteiger partial charge in [0.2, 0.25) is 12.0 Å². The number of hydrogen-bond acceptors (Lipinski definition) is 12. The number of phenolic OH excluding ortho intramolecular Hbond substituents is 1. The van der Waals surface area contributed by atoms with Gasteiger partial charge in [0.1, 0.15) is 47.2 Å². The molecule has 4 rings (SSSR count). The van der Waals surface area contributed by atoms with E-state index in [1.54, 1.807) is 6.07 Å². The molecule has 2 aliphatic heterocycles. The van der Waals surface area contributed by atoms with Gasteiger partial charge in [-0.25, -0.2) is 4.79 Å². The molecule has 0 aliphatic carbocycles. The lowest BCUT2D eigenvalue weighted by Crippen LogP contribution is -2.61. The number of aliphatic hydroxyl groups is 3. The number of carboxylic acids is 1. The van der Waals surface area contributed by atoms with Crippen molar-refractivity contribution in [2.24, 2.45) is 0 Å². The van der Waals surface area contributed by atoms with Crippen molar-refractivity contribution < 1.29 is 63.5 Å². The van der Waals surface area contributed by atoms with Crippen LogP contribution in [0.3, 0.4) is 0 Å². The van der Waals surface area contributed by atoms with Crippen LogP contribution in [0, 0.1) is 0 Å². The van der Waals surface area contributed by atoms with Crippen LogP contribution in [0.25, 0.3) is 0 Å². The Labute approximate surface area is 210 Å². The topological polar surface area (TPSA) is 191 Å². The highest BCUT2D eigenvalue weighted by molar-refractivity contribution is 6.04. The highest BCUT2D eigenvalue weighted by Gasteiger charge is 2.48. The van der Waals surface area contributed by atoms with Gasteiger partial charge in [0.15, 0.2) is 23.4 Å². The molecule has 13 nitrogen and oxygen atoms in total. The van der Waals surface area contributed by atoms with Gasteiger partial charge in [-0.1, -0.05) is 6.07 Å². The molecule has 200 valence electrons. The first kappa shape index (κ1) is 26.3. The average Bonchev–Trinajstić information content (AvgIpc) is 2.87. The van der Waals surface area contributed by atoms with Gasteiger partial charge in [-0.15, -0.1) is 0 Å². The predicted molar refractivity (Wildman–Crippen MR) is 121 cm³/mol. The molecular weight excluding hydrogens is 496 g/mol. The number of hydrogen-bond donors (Lipinski definition) is 5. The summed E-state index contributed by atoms with van der Waals surface area (Å²) in [5.74, 6) is -2.12. The molecule has 6 atom stereocenters. The molecule has 13 heteroatoms. The van der Waals surface area contributed by atoms with E-state index in [4.69, 9.17) is 28.4 Å². The van der Waals surface area contributed by atoms with Crippen LogP contribution in [0.4, 0.5) is 0 Å². The van der Waals surface area contributed by atoms with E-state index in [9.17, 15) is 35.1 Å². The molecule has 2 aliphatic rings. The number of benzene rings is 2. The van der Waals surface area contributed by atoms with Gasteiger partial charge in [0, 0.05) is 6.07 Å². The molecule has 37 heavy (non-hydrogen) atoms. The Balaban J connectivity index is 1.75. The molecule has 1 fully saturated rings. The highest BCUT2D eigenvalue weighted by Crippen LogP contribution is 2.52. The molecule has 2 aromatic carbocycles. The van der Waals surface area contributed by atoms with Crippen LogP contribution >= 0.6 is 0 Å². The average molecular weight is 522 g/mol. The third-order valence-electron chi connectivity index (χ3n) is 6.14. The summed E-state index contributed by atoms with van der Waals surface area (Å²) in [7, 11) is 4.05. The first-order valence-electron chi connectivity index (χ1n) is 11.1. The number of rotatable bonds is 7. The van der Waals surface area contributed by atoms with Crippen LogP contribution in [-0.4, -0.2) is 89.3 Å². The third kappa shape index (κ3) is 4.57. The van der Waals surface area contributed by atoms with Gasteiger partial charge in [0.25, 0.3) is 0 Å². The highest BCUT2D eigenvalue weighted by atomic mass is 16.7. The monoisotopic (exact) mass is 522 g/mol. The van der Waals surface area contributed by atoms with Crippen LogP contribution in [0.2, 0.25) is 0 Å².